The number of nitrogens with two attached hydrogens (primary N) is 1. The molecule has 0 amide bonds. The van der Waals surface area contributed by atoms with E-state index in [9.17, 15) is 8.78 Å². The molecule has 1 heterocycles. The highest BCUT2D eigenvalue weighted by Crippen LogP contribution is 2.12. The maximum absolute atomic E-state index is 11.6. The molecule has 0 fully saturated rings. The van der Waals surface area contributed by atoms with Gasteiger partial charge in [-0.1, -0.05) is 0 Å². The fourth-order valence-electron chi connectivity index (χ4n) is 0.386. The van der Waals surface area contributed by atoms with Gasteiger partial charge in [0.05, 0.1) is 0 Å². The van der Waals surface area contributed by atoms with Crippen LogP contribution >= 0.6 is 0 Å². The number of hydrogen-bond donors (Lipinski definition) is 2. The largest absolute Gasteiger partial charge is 0.368 e. The van der Waals surface area contributed by atoms with Gasteiger partial charge in [0.1, 0.15) is 0 Å². The minimum absolute atomic E-state index is 0.0923. The third-order valence-electron chi connectivity index (χ3n) is 0.715. The Morgan fingerprint density at radius 1 is 1.56 bits per heavy atom. The van der Waals surface area contributed by atoms with Gasteiger partial charge in [0.25, 0.3) is 6.43 Å². The fraction of sp³-hybridized carbons (Fsp3) is 0.333. The first kappa shape index (κ1) is 5.93. The summed E-state index contributed by atoms with van der Waals surface area (Å²) in [4.78, 5) is 3.17. The molecule has 0 aliphatic carbocycles. The predicted octanol–water partition coefficient (Wildman–Crippen LogP) is 0.324. The van der Waals surface area contributed by atoms with Crippen LogP contribution in [0.3, 0.4) is 0 Å². The van der Waals surface area contributed by atoms with Crippen LogP contribution in [0.2, 0.25) is 0 Å². The zero-order valence-corrected chi connectivity index (χ0v) is 4.31. The highest BCUT2D eigenvalue weighted by molar-refractivity contribution is 5.12. The first-order valence-corrected chi connectivity index (χ1v) is 2.16. The van der Waals surface area contributed by atoms with Crippen molar-refractivity contribution in [3.8, 4) is 0 Å². The van der Waals surface area contributed by atoms with Gasteiger partial charge >= 0.3 is 0 Å². The lowest BCUT2D eigenvalue weighted by atomic mass is 10.7. The van der Waals surface area contributed by atoms with Gasteiger partial charge in [-0.05, 0) is 0 Å². The third kappa shape index (κ3) is 1.13. The van der Waals surface area contributed by atoms with Gasteiger partial charge < -0.3 is 5.73 Å². The van der Waals surface area contributed by atoms with Crippen molar-refractivity contribution in [3.05, 3.63) is 5.82 Å². The van der Waals surface area contributed by atoms with Gasteiger partial charge in [-0.15, -0.1) is 0 Å². The molecule has 0 aliphatic heterocycles. The second kappa shape index (κ2) is 1.96. The lowest BCUT2D eigenvalue weighted by Crippen LogP contribution is -1.88. The van der Waals surface area contributed by atoms with E-state index < -0.39 is 12.2 Å². The molecule has 0 aromatic carbocycles. The molecule has 3 N–H and O–H groups in total. The number of nitrogens with one attached hydrogen (secondary N) is 1. The minimum atomic E-state index is -2.65. The number of rotatable bonds is 1. The summed E-state index contributed by atoms with van der Waals surface area (Å²) in [6.07, 6.45) is -2.65. The number of alkyl halides is 2. The van der Waals surface area contributed by atoms with E-state index in [1.54, 1.807) is 0 Å². The Kier molecular flexibility index (Phi) is 1.29. The number of hydrogen-bond acceptors (Lipinski definition) is 3. The summed E-state index contributed by atoms with van der Waals surface area (Å²) in [5.74, 6) is -0.655. The molecule has 1 rings (SSSR count). The fourth-order valence-corrected chi connectivity index (χ4v) is 0.386. The first-order chi connectivity index (χ1) is 4.20. The average molecular weight is 134 g/mol. The number of aromatic amines is 1. The normalized spacial score (nSPS) is 10.6. The van der Waals surface area contributed by atoms with Gasteiger partial charge in [-0.25, -0.2) is 13.9 Å². The van der Waals surface area contributed by atoms with Crippen molar-refractivity contribution in [1.29, 1.82) is 0 Å². The quantitative estimate of drug-likeness (QED) is 0.581. The zero-order valence-electron chi connectivity index (χ0n) is 4.31. The molecule has 0 saturated carbocycles. The van der Waals surface area contributed by atoms with E-state index in [1.807, 2.05) is 0 Å². The van der Waals surface area contributed by atoms with E-state index in [0.717, 1.165) is 0 Å². The SMILES string of the molecule is Nc1nc(C(F)F)n[nH]1. The maximum atomic E-state index is 11.6. The Morgan fingerprint density at radius 3 is 2.44 bits per heavy atom. The topological polar surface area (TPSA) is 67.6 Å². The summed E-state index contributed by atoms with van der Waals surface area (Å²) >= 11 is 0. The molecule has 4 nitrogen and oxygen atoms in total. The van der Waals surface area contributed by atoms with Crippen molar-refractivity contribution < 1.29 is 8.78 Å². The van der Waals surface area contributed by atoms with Crippen LogP contribution in [0.4, 0.5) is 14.7 Å². The van der Waals surface area contributed by atoms with Crippen molar-refractivity contribution in [2.45, 2.75) is 6.43 Å². The molecular weight excluding hydrogens is 130 g/mol. The van der Waals surface area contributed by atoms with Gasteiger partial charge in [0, 0.05) is 0 Å². The van der Waals surface area contributed by atoms with Crippen LogP contribution in [0.15, 0.2) is 0 Å². The van der Waals surface area contributed by atoms with Gasteiger partial charge in [0.2, 0.25) is 11.8 Å². The van der Waals surface area contributed by atoms with Crippen molar-refractivity contribution >= 4 is 5.95 Å². The smallest absolute Gasteiger partial charge is 0.299 e. The van der Waals surface area contributed by atoms with E-state index in [1.165, 1.54) is 0 Å². The Bertz CT molecular complexity index is 195. The molecule has 9 heavy (non-hydrogen) atoms. The second-order valence-corrected chi connectivity index (χ2v) is 1.38. The molecule has 0 atom stereocenters. The third-order valence-corrected chi connectivity index (χ3v) is 0.715. The highest BCUT2D eigenvalue weighted by atomic mass is 19.3. The van der Waals surface area contributed by atoms with Crippen molar-refractivity contribution in [3.63, 3.8) is 0 Å². The highest BCUT2D eigenvalue weighted by Gasteiger charge is 2.11. The molecule has 0 saturated heterocycles. The summed E-state index contributed by atoms with van der Waals surface area (Å²) < 4.78 is 23.2. The number of H-pyrrole nitrogens is 1. The number of nitrogen functional groups attached to an aromatic ring is 1. The van der Waals surface area contributed by atoms with Gasteiger partial charge in [0.15, 0.2) is 0 Å². The minimum Gasteiger partial charge on any atom is -0.368 e. The van der Waals surface area contributed by atoms with E-state index in [-0.39, 0.29) is 5.95 Å². The Labute approximate surface area is 49.1 Å². The molecule has 1 aromatic rings. The van der Waals surface area contributed by atoms with Crippen LogP contribution < -0.4 is 5.73 Å². The van der Waals surface area contributed by atoms with Gasteiger partial charge in [-0.3, -0.25) is 0 Å². The molecule has 6 heteroatoms. The van der Waals surface area contributed by atoms with Crippen molar-refractivity contribution in [2.24, 2.45) is 0 Å². The molecular formula is C3H4F2N4. The molecule has 0 aliphatic rings. The number of halogens is 2. The Morgan fingerprint density at radius 2 is 2.22 bits per heavy atom. The molecule has 0 bridgehead atoms. The molecule has 1 aromatic heterocycles. The van der Waals surface area contributed by atoms with Crippen LogP contribution in [0.1, 0.15) is 12.2 Å². The molecule has 50 valence electrons. The van der Waals surface area contributed by atoms with Crippen LogP contribution in [0, 0.1) is 0 Å². The zero-order chi connectivity index (χ0) is 6.85. The Balaban J connectivity index is 2.85. The lowest BCUT2D eigenvalue weighted by molar-refractivity contribution is 0.141. The Hall–Kier alpha value is -1.20. The van der Waals surface area contributed by atoms with Crippen LogP contribution in [-0.4, -0.2) is 15.2 Å². The van der Waals surface area contributed by atoms with Crippen LogP contribution in [-0.2, 0) is 0 Å². The summed E-state index contributed by atoms with van der Waals surface area (Å²) in [5, 5.41) is 5.19. The summed E-state index contributed by atoms with van der Waals surface area (Å²) in [6, 6.07) is 0. The molecule has 0 spiro atoms. The van der Waals surface area contributed by atoms with E-state index in [0.29, 0.717) is 0 Å². The molecule has 0 unspecified atom stereocenters. The number of aromatic nitrogens is 3. The standard InChI is InChI=1S/C3H4F2N4/c4-1(5)2-7-3(6)9-8-2/h1H,(H3,6,7,8,9). The lowest BCUT2D eigenvalue weighted by Gasteiger charge is -1.84. The summed E-state index contributed by atoms with van der Waals surface area (Å²) in [5.41, 5.74) is 4.95. The van der Waals surface area contributed by atoms with E-state index in [2.05, 4.69) is 15.2 Å². The number of nitrogens with zero attached hydrogens (tertiary/aromatic N) is 2. The van der Waals surface area contributed by atoms with E-state index >= 15 is 0 Å². The van der Waals surface area contributed by atoms with Crippen molar-refractivity contribution in [2.75, 3.05) is 5.73 Å². The second-order valence-electron chi connectivity index (χ2n) is 1.38. The average Bonchev–Trinajstić information content (AvgIpc) is 2.14. The molecule has 0 radical (unpaired) electrons. The summed E-state index contributed by atoms with van der Waals surface area (Å²) in [6.45, 7) is 0. The van der Waals surface area contributed by atoms with Crippen LogP contribution in [0.25, 0.3) is 0 Å². The first-order valence-electron chi connectivity index (χ1n) is 2.16. The van der Waals surface area contributed by atoms with Gasteiger partial charge in [-0.2, -0.15) is 10.1 Å². The van der Waals surface area contributed by atoms with Crippen molar-refractivity contribution in [1.82, 2.24) is 15.2 Å². The predicted molar refractivity (Wildman–Crippen MR) is 25.8 cm³/mol. The summed E-state index contributed by atoms with van der Waals surface area (Å²) in [7, 11) is 0. The number of anilines is 1. The monoisotopic (exact) mass is 134 g/mol. The van der Waals surface area contributed by atoms with Crippen LogP contribution in [0.5, 0.6) is 0 Å². The van der Waals surface area contributed by atoms with E-state index in [4.69, 9.17) is 5.73 Å². The maximum Gasteiger partial charge on any atom is 0.299 e.